The van der Waals surface area contributed by atoms with Crippen molar-refractivity contribution >= 4 is 45.9 Å². The number of ether oxygens (including phenoxy) is 3. The van der Waals surface area contributed by atoms with Crippen LogP contribution in [0.2, 0.25) is 0 Å². The van der Waals surface area contributed by atoms with Crippen LogP contribution in [0.5, 0.6) is 17.4 Å². The second kappa shape index (κ2) is 12.4. The van der Waals surface area contributed by atoms with Crippen LogP contribution in [0.15, 0.2) is 60.8 Å². The number of carbonyl (C=O) groups excluding carboxylic acids is 2. The van der Waals surface area contributed by atoms with Crippen LogP contribution in [0.3, 0.4) is 0 Å². The second-order valence-corrected chi connectivity index (χ2v) is 11.4. The van der Waals surface area contributed by atoms with Crippen molar-refractivity contribution in [2.45, 2.75) is 39.0 Å². The molecule has 3 amide bonds. The summed E-state index contributed by atoms with van der Waals surface area (Å²) in [6, 6.07) is 16.0. The number of hydrogen-bond donors (Lipinski definition) is 4. The molecule has 0 atom stereocenters. The third-order valence-electron chi connectivity index (χ3n) is 7.05. The van der Waals surface area contributed by atoms with Gasteiger partial charge in [-0.2, -0.15) is 4.98 Å². The first kappa shape index (κ1) is 29.4. The molecule has 0 saturated heterocycles. The van der Waals surface area contributed by atoms with Gasteiger partial charge in [-0.05, 0) is 54.0 Å². The summed E-state index contributed by atoms with van der Waals surface area (Å²) in [6.45, 7) is 6.94. The Morgan fingerprint density at radius 1 is 0.907 bits per heavy atom. The van der Waals surface area contributed by atoms with Crippen LogP contribution in [0.25, 0.3) is 10.8 Å². The molecule has 0 bridgehead atoms. The lowest BCUT2D eigenvalue weighted by molar-refractivity contribution is 0.187. The van der Waals surface area contributed by atoms with Crippen molar-refractivity contribution in [3.8, 4) is 17.4 Å². The fourth-order valence-corrected chi connectivity index (χ4v) is 4.53. The van der Waals surface area contributed by atoms with E-state index >= 15 is 0 Å². The number of nitrogens with zero attached hydrogens (tertiary/aromatic N) is 2. The van der Waals surface area contributed by atoms with Gasteiger partial charge in [0.05, 0.1) is 31.3 Å². The van der Waals surface area contributed by atoms with Gasteiger partial charge >= 0.3 is 12.1 Å². The molecule has 1 heterocycles. The van der Waals surface area contributed by atoms with E-state index in [1.807, 2.05) is 51.1 Å². The number of fused-ring (bicyclic) bond motifs is 1. The average Bonchev–Trinajstić information content (AvgIpc) is 3.82. The van der Waals surface area contributed by atoms with E-state index in [0.717, 1.165) is 22.9 Å². The predicted molar refractivity (Wildman–Crippen MR) is 168 cm³/mol. The lowest BCUT2D eigenvalue weighted by Crippen LogP contribution is -2.22. The Bertz CT molecular complexity index is 1650. The maximum atomic E-state index is 13.3. The molecule has 1 aliphatic rings. The summed E-state index contributed by atoms with van der Waals surface area (Å²) in [6.07, 6.45) is 3.48. The number of benzene rings is 3. The van der Waals surface area contributed by atoms with Crippen LogP contribution in [-0.2, 0) is 10.2 Å². The molecule has 43 heavy (non-hydrogen) atoms. The zero-order chi connectivity index (χ0) is 30.6. The molecule has 1 fully saturated rings. The maximum Gasteiger partial charge on any atom is 0.411 e. The van der Waals surface area contributed by atoms with Crippen LogP contribution >= 0.6 is 0 Å². The summed E-state index contributed by atoms with van der Waals surface area (Å²) in [5.41, 5.74) is 1.93. The lowest BCUT2D eigenvalue weighted by atomic mass is 9.86. The van der Waals surface area contributed by atoms with E-state index in [4.69, 9.17) is 14.2 Å². The molecule has 11 nitrogen and oxygen atoms in total. The SMILES string of the molecule is COC(=O)Nc1cc(C(C)(C)C)cc(NC(=O)Nc2ccc(Oc3ccnc(NCC4CC4)n3)c3ccccc23)c1OC. The van der Waals surface area contributed by atoms with Crippen molar-refractivity contribution < 1.29 is 23.8 Å². The third kappa shape index (κ3) is 7.24. The number of nitrogens with one attached hydrogen (secondary N) is 4. The van der Waals surface area contributed by atoms with Crippen molar-refractivity contribution in [2.75, 3.05) is 42.0 Å². The van der Waals surface area contributed by atoms with Crippen molar-refractivity contribution in [3.63, 3.8) is 0 Å². The molecule has 0 radical (unpaired) electrons. The van der Waals surface area contributed by atoms with Crippen LogP contribution in [0.4, 0.5) is 32.6 Å². The monoisotopic (exact) mass is 584 g/mol. The fraction of sp³-hybridized carbons (Fsp3) is 0.312. The molecular formula is C32H36N6O5. The summed E-state index contributed by atoms with van der Waals surface area (Å²) < 4.78 is 16.5. The highest BCUT2D eigenvalue weighted by Crippen LogP contribution is 2.39. The van der Waals surface area contributed by atoms with Gasteiger partial charge in [0, 0.05) is 29.6 Å². The van der Waals surface area contributed by atoms with Gasteiger partial charge in [0.25, 0.3) is 0 Å². The molecule has 3 aromatic carbocycles. The topological polar surface area (TPSA) is 136 Å². The molecule has 4 N–H and O–H groups in total. The van der Waals surface area contributed by atoms with Crippen LogP contribution < -0.4 is 30.7 Å². The van der Waals surface area contributed by atoms with Gasteiger partial charge in [-0.15, -0.1) is 0 Å². The Morgan fingerprint density at radius 3 is 2.28 bits per heavy atom. The van der Waals surface area contributed by atoms with E-state index in [-0.39, 0.29) is 11.2 Å². The normalized spacial score (nSPS) is 12.8. The van der Waals surface area contributed by atoms with Gasteiger partial charge in [-0.1, -0.05) is 45.0 Å². The minimum absolute atomic E-state index is 0.282. The fourth-order valence-electron chi connectivity index (χ4n) is 4.53. The largest absolute Gasteiger partial charge is 0.492 e. The Labute approximate surface area is 250 Å². The van der Waals surface area contributed by atoms with Gasteiger partial charge in [0.1, 0.15) is 5.75 Å². The summed E-state index contributed by atoms with van der Waals surface area (Å²) in [5.74, 6) is 2.51. The number of anilines is 4. The first-order chi connectivity index (χ1) is 20.6. The Balaban J connectivity index is 1.38. The van der Waals surface area contributed by atoms with Crippen LogP contribution in [0.1, 0.15) is 39.2 Å². The zero-order valence-corrected chi connectivity index (χ0v) is 24.9. The summed E-state index contributed by atoms with van der Waals surface area (Å²) >= 11 is 0. The highest BCUT2D eigenvalue weighted by atomic mass is 16.5. The smallest absolute Gasteiger partial charge is 0.411 e. The number of rotatable bonds is 9. The molecular weight excluding hydrogens is 548 g/mol. The van der Waals surface area contributed by atoms with Crippen molar-refractivity contribution in [1.82, 2.24) is 9.97 Å². The number of hydrogen-bond acceptors (Lipinski definition) is 8. The second-order valence-electron chi connectivity index (χ2n) is 11.4. The Morgan fingerprint density at radius 2 is 1.60 bits per heavy atom. The Kier molecular flexibility index (Phi) is 8.51. The Hall–Kier alpha value is -5.06. The molecule has 1 aliphatic carbocycles. The first-order valence-electron chi connectivity index (χ1n) is 14.1. The van der Waals surface area contributed by atoms with Crippen molar-refractivity contribution in [2.24, 2.45) is 5.92 Å². The molecule has 224 valence electrons. The molecule has 1 saturated carbocycles. The zero-order valence-electron chi connectivity index (χ0n) is 24.9. The van der Waals surface area contributed by atoms with Crippen LogP contribution in [-0.4, -0.2) is 42.9 Å². The predicted octanol–water partition coefficient (Wildman–Crippen LogP) is 7.37. The minimum Gasteiger partial charge on any atom is -0.492 e. The number of methoxy groups -OCH3 is 2. The van der Waals surface area contributed by atoms with Gasteiger partial charge in [0.2, 0.25) is 11.8 Å². The molecule has 4 aromatic rings. The summed E-state index contributed by atoms with van der Waals surface area (Å²) in [7, 11) is 2.74. The molecule has 11 heteroatoms. The molecule has 1 aromatic heterocycles. The lowest BCUT2D eigenvalue weighted by Gasteiger charge is -2.24. The van der Waals surface area contributed by atoms with Crippen molar-refractivity contribution in [3.05, 3.63) is 66.4 Å². The molecule has 5 rings (SSSR count). The van der Waals surface area contributed by atoms with Gasteiger partial charge in [-0.25, -0.2) is 14.6 Å². The highest BCUT2D eigenvalue weighted by Gasteiger charge is 2.23. The molecule has 0 aliphatic heterocycles. The number of amides is 3. The van der Waals surface area contributed by atoms with Crippen molar-refractivity contribution in [1.29, 1.82) is 0 Å². The number of carbonyl (C=O) groups is 2. The standard InChI is InChI=1S/C32H36N6O5/c1-32(2,3)20-16-24(28(41-4)25(17-20)37-31(40)42-5)36-30(39)35-23-12-13-26(22-9-7-6-8-21(22)23)43-27-14-15-33-29(38-27)34-18-19-10-11-19/h6-9,12-17,19H,10-11,18H2,1-5H3,(H,37,40)(H,33,34,38)(H2,35,36,39). The van der Waals surface area contributed by atoms with E-state index in [1.165, 1.54) is 27.1 Å². The maximum absolute atomic E-state index is 13.3. The van der Waals surface area contributed by atoms with Gasteiger partial charge in [0.15, 0.2) is 5.75 Å². The molecule has 0 spiro atoms. The van der Waals surface area contributed by atoms with E-state index in [2.05, 4.69) is 31.2 Å². The minimum atomic E-state index is -0.652. The highest BCUT2D eigenvalue weighted by molar-refractivity contribution is 6.08. The van der Waals surface area contributed by atoms with Crippen LogP contribution in [0, 0.1) is 5.92 Å². The van der Waals surface area contributed by atoms with E-state index < -0.39 is 12.1 Å². The van der Waals surface area contributed by atoms with Gasteiger partial charge in [-0.3, -0.25) is 5.32 Å². The van der Waals surface area contributed by atoms with E-state index in [1.54, 1.807) is 30.5 Å². The molecule has 0 unspecified atom stereocenters. The first-order valence-corrected chi connectivity index (χ1v) is 14.1. The average molecular weight is 585 g/mol. The summed E-state index contributed by atoms with van der Waals surface area (Å²) in [4.78, 5) is 34.1. The third-order valence-corrected chi connectivity index (χ3v) is 7.05. The number of aromatic nitrogens is 2. The van der Waals surface area contributed by atoms with Gasteiger partial charge < -0.3 is 30.2 Å². The summed E-state index contributed by atoms with van der Waals surface area (Å²) in [5, 5.41) is 13.3. The van der Waals surface area contributed by atoms with E-state index in [0.29, 0.717) is 40.6 Å². The number of urea groups is 1. The van der Waals surface area contributed by atoms with E-state index in [9.17, 15) is 9.59 Å². The quantitative estimate of drug-likeness (QED) is 0.160.